The Balaban J connectivity index is 1.85. The van der Waals surface area contributed by atoms with E-state index >= 15 is 0 Å². The molecule has 1 amide bonds. The number of carbonyl (C=O) groups is 1. The van der Waals surface area contributed by atoms with Crippen LogP contribution in [0.25, 0.3) is 10.2 Å². The summed E-state index contributed by atoms with van der Waals surface area (Å²) in [6, 6.07) is 8.68. The van der Waals surface area contributed by atoms with Crippen LogP contribution in [0.2, 0.25) is 0 Å². The van der Waals surface area contributed by atoms with Gasteiger partial charge >= 0.3 is 5.69 Å². The first-order chi connectivity index (χ1) is 14.0. The zero-order valence-electron chi connectivity index (χ0n) is 16.3. The summed E-state index contributed by atoms with van der Waals surface area (Å²) in [5.41, 5.74) is 0.231. The molecule has 29 heavy (non-hydrogen) atoms. The largest absolute Gasteiger partial charge is 0.494 e. The van der Waals surface area contributed by atoms with Gasteiger partial charge in [0.25, 0.3) is 5.56 Å². The number of methoxy groups -OCH3 is 1. The number of nitrogens with zero attached hydrogens (tertiary/aromatic N) is 2. The van der Waals surface area contributed by atoms with E-state index in [-0.39, 0.29) is 24.6 Å². The summed E-state index contributed by atoms with van der Waals surface area (Å²) < 4.78 is 13.3. The van der Waals surface area contributed by atoms with Crippen molar-refractivity contribution in [1.82, 2.24) is 9.13 Å². The van der Waals surface area contributed by atoms with Crippen LogP contribution in [0.15, 0.2) is 45.3 Å². The Kier molecular flexibility index (Phi) is 6.84. The number of benzene rings is 1. The van der Waals surface area contributed by atoms with E-state index in [4.69, 9.17) is 9.47 Å². The molecule has 2 heterocycles. The fourth-order valence-electron chi connectivity index (χ4n) is 3.00. The molecule has 0 saturated carbocycles. The van der Waals surface area contributed by atoms with E-state index in [1.165, 1.54) is 20.5 Å². The lowest BCUT2D eigenvalue weighted by atomic mass is 10.3. The lowest BCUT2D eigenvalue weighted by Crippen LogP contribution is -2.41. The number of rotatable bonds is 9. The highest BCUT2D eigenvalue weighted by Gasteiger charge is 2.16. The highest BCUT2D eigenvalue weighted by molar-refractivity contribution is 7.17. The van der Waals surface area contributed by atoms with Crippen molar-refractivity contribution < 1.29 is 14.3 Å². The van der Waals surface area contributed by atoms with Gasteiger partial charge in [-0.05, 0) is 49.1 Å². The number of ether oxygens (including phenoxy) is 2. The van der Waals surface area contributed by atoms with Crippen LogP contribution < -0.4 is 21.3 Å². The van der Waals surface area contributed by atoms with Gasteiger partial charge in [0.15, 0.2) is 0 Å². The highest BCUT2D eigenvalue weighted by Crippen LogP contribution is 2.17. The van der Waals surface area contributed by atoms with E-state index in [0.717, 1.165) is 0 Å². The molecule has 8 nitrogen and oxygen atoms in total. The first-order valence-corrected chi connectivity index (χ1v) is 10.2. The second kappa shape index (κ2) is 9.53. The third-order valence-corrected chi connectivity index (χ3v) is 5.21. The van der Waals surface area contributed by atoms with Crippen LogP contribution in [-0.4, -0.2) is 35.4 Å². The van der Waals surface area contributed by atoms with Gasteiger partial charge in [-0.1, -0.05) is 0 Å². The van der Waals surface area contributed by atoms with Crippen LogP contribution in [0.3, 0.4) is 0 Å². The Morgan fingerprint density at radius 2 is 1.90 bits per heavy atom. The third-order valence-electron chi connectivity index (χ3n) is 4.32. The molecule has 9 heteroatoms. The molecule has 3 rings (SSSR count). The molecule has 0 atom stereocenters. The zero-order chi connectivity index (χ0) is 20.8. The first-order valence-electron chi connectivity index (χ1n) is 9.27. The molecular formula is C20H23N3O5S. The van der Waals surface area contributed by atoms with Crippen molar-refractivity contribution in [1.29, 1.82) is 0 Å². The van der Waals surface area contributed by atoms with Crippen LogP contribution in [0.5, 0.6) is 5.75 Å². The number of amides is 1. The minimum absolute atomic E-state index is 0.191. The number of thiophene rings is 1. The number of anilines is 1. The molecule has 0 saturated heterocycles. The molecule has 0 aliphatic carbocycles. The molecule has 3 aromatic rings. The van der Waals surface area contributed by atoms with Gasteiger partial charge in [-0.2, -0.15) is 0 Å². The van der Waals surface area contributed by atoms with Crippen molar-refractivity contribution >= 4 is 33.1 Å². The Bertz CT molecular complexity index is 1100. The standard InChI is InChI=1S/C20H23N3O5S/c1-3-28-15-7-5-14(6-8-15)21-17(24)13-23-16-9-12-29-18(16)19(25)22(20(23)26)10-4-11-27-2/h5-9,12H,3-4,10-11,13H2,1-2H3,(H,21,24). The average molecular weight is 417 g/mol. The van der Waals surface area contributed by atoms with E-state index in [9.17, 15) is 14.4 Å². The highest BCUT2D eigenvalue weighted by atomic mass is 32.1. The minimum Gasteiger partial charge on any atom is -0.494 e. The molecule has 0 aliphatic rings. The van der Waals surface area contributed by atoms with Gasteiger partial charge in [0.1, 0.15) is 17.0 Å². The predicted octanol–water partition coefficient (Wildman–Crippen LogP) is 2.30. The van der Waals surface area contributed by atoms with Gasteiger partial charge in [-0.25, -0.2) is 4.79 Å². The lowest BCUT2D eigenvalue weighted by molar-refractivity contribution is -0.116. The van der Waals surface area contributed by atoms with Gasteiger partial charge in [-0.3, -0.25) is 18.7 Å². The van der Waals surface area contributed by atoms with Crippen molar-refractivity contribution in [3.05, 3.63) is 56.5 Å². The Hall–Kier alpha value is -2.91. The smallest absolute Gasteiger partial charge is 0.332 e. The number of fused-ring (bicyclic) bond motifs is 1. The van der Waals surface area contributed by atoms with Crippen molar-refractivity contribution in [2.75, 3.05) is 25.6 Å². The summed E-state index contributed by atoms with van der Waals surface area (Å²) in [6.45, 7) is 2.94. The van der Waals surface area contributed by atoms with Gasteiger partial charge in [0.2, 0.25) is 5.91 Å². The molecule has 0 spiro atoms. The van der Waals surface area contributed by atoms with E-state index in [1.807, 2.05) is 6.92 Å². The monoisotopic (exact) mass is 417 g/mol. The molecule has 0 bridgehead atoms. The average Bonchev–Trinajstić information content (AvgIpc) is 3.20. The van der Waals surface area contributed by atoms with Crippen molar-refractivity contribution in [3.8, 4) is 5.75 Å². The summed E-state index contributed by atoms with van der Waals surface area (Å²) in [5, 5.41) is 4.51. The maximum Gasteiger partial charge on any atom is 0.332 e. The van der Waals surface area contributed by atoms with E-state index in [0.29, 0.717) is 41.3 Å². The van der Waals surface area contributed by atoms with Crippen molar-refractivity contribution in [2.24, 2.45) is 0 Å². The lowest BCUT2D eigenvalue weighted by Gasteiger charge is -2.12. The third kappa shape index (κ3) is 4.75. The van der Waals surface area contributed by atoms with Gasteiger partial charge < -0.3 is 14.8 Å². The molecule has 1 N–H and O–H groups in total. The normalized spacial score (nSPS) is 11.0. The van der Waals surface area contributed by atoms with Crippen LogP contribution in [-0.2, 0) is 22.6 Å². The second-order valence-electron chi connectivity index (χ2n) is 6.31. The van der Waals surface area contributed by atoms with Crippen LogP contribution in [0, 0.1) is 0 Å². The number of carbonyl (C=O) groups excluding carboxylic acids is 1. The van der Waals surface area contributed by atoms with Gasteiger partial charge in [0, 0.05) is 25.9 Å². The van der Waals surface area contributed by atoms with Crippen LogP contribution in [0.4, 0.5) is 5.69 Å². The Labute approximate surface area is 171 Å². The number of hydrogen-bond donors (Lipinski definition) is 1. The first kappa shape index (κ1) is 20.8. The van der Waals surface area contributed by atoms with Crippen LogP contribution >= 0.6 is 11.3 Å². The number of hydrogen-bond acceptors (Lipinski definition) is 6. The second-order valence-corrected chi connectivity index (χ2v) is 7.23. The maximum atomic E-state index is 12.9. The quantitative estimate of drug-likeness (QED) is 0.540. The summed E-state index contributed by atoms with van der Waals surface area (Å²) in [6.07, 6.45) is 0.529. The molecule has 0 aliphatic heterocycles. The fourth-order valence-corrected chi connectivity index (χ4v) is 3.84. The minimum atomic E-state index is -0.501. The van der Waals surface area contributed by atoms with Gasteiger partial charge in [-0.15, -0.1) is 11.3 Å². The molecular weight excluding hydrogens is 394 g/mol. The maximum absolute atomic E-state index is 12.9. The fraction of sp³-hybridized carbons (Fsp3) is 0.350. The van der Waals surface area contributed by atoms with E-state index in [2.05, 4.69) is 5.32 Å². The van der Waals surface area contributed by atoms with Gasteiger partial charge in [0.05, 0.1) is 12.1 Å². The summed E-state index contributed by atoms with van der Waals surface area (Å²) >= 11 is 1.26. The SMILES string of the molecule is CCOc1ccc(NC(=O)Cn2c(=O)n(CCCOC)c(=O)c3sccc32)cc1. The molecule has 1 aromatic carbocycles. The molecule has 154 valence electrons. The molecule has 0 radical (unpaired) electrons. The summed E-state index contributed by atoms with van der Waals surface area (Å²) in [5.74, 6) is 0.357. The van der Waals surface area contributed by atoms with Crippen LogP contribution in [0.1, 0.15) is 13.3 Å². The summed E-state index contributed by atoms with van der Waals surface area (Å²) in [4.78, 5) is 38.1. The topological polar surface area (TPSA) is 91.6 Å². The molecule has 0 fully saturated rings. The number of aromatic nitrogens is 2. The molecule has 0 unspecified atom stereocenters. The Morgan fingerprint density at radius 3 is 2.59 bits per heavy atom. The van der Waals surface area contributed by atoms with E-state index < -0.39 is 5.69 Å². The van der Waals surface area contributed by atoms with Crippen molar-refractivity contribution in [3.63, 3.8) is 0 Å². The number of nitrogens with one attached hydrogen (secondary N) is 1. The molecule has 2 aromatic heterocycles. The van der Waals surface area contributed by atoms with Crippen molar-refractivity contribution in [2.45, 2.75) is 26.4 Å². The van der Waals surface area contributed by atoms with E-state index in [1.54, 1.807) is 42.8 Å². The zero-order valence-corrected chi connectivity index (χ0v) is 17.2. The predicted molar refractivity (Wildman–Crippen MR) is 113 cm³/mol. The Morgan fingerprint density at radius 1 is 1.14 bits per heavy atom. The summed E-state index contributed by atoms with van der Waals surface area (Å²) in [7, 11) is 1.56.